The van der Waals surface area contributed by atoms with Crippen LogP contribution < -0.4 is 34.7 Å². The predicted octanol–water partition coefficient (Wildman–Crippen LogP) is 0.465. The van der Waals surface area contributed by atoms with E-state index in [0.717, 1.165) is 12.1 Å². The Bertz CT molecular complexity index is 552. The minimum Gasteiger partial charge on any atom is -0.872 e. The zero-order valence-electron chi connectivity index (χ0n) is 10.3. The van der Waals surface area contributed by atoms with Crippen LogP contribution in [0.3, 0.4) is 0 Å². The SMILES string of the molecule is O=C(/C=C(\[O-])c1cc(Cl)cc(Cl)c1)C(F)(F)C(F)(F)F.[Na+]. The van der Waals surface area contributed by atoms with Gasteiger partial charge in [0, 0.05) is 10.0 Å². The van der Waals surface area contributed by atoms with Gasteiger partial charge in [-0.2, -0.15) is 22.0 Å². The van der Waals surface area contributed by atoms with Gasteiger partial charge in [0.15, 0.2) is 0 Å². The first-order chi connectivity index (χ1) is 8.95. The molecule has 0 aliphatic heterocycles. The Balaban J connectivity index is 0.00000400. The van der Waals surface area contributed by atoms with Crippen LogP contribution in [-0.2, 0) is 4.79 Å². The van der Waals surface area contributed by atoms with E-state index in [4.69, 9.17) is 23.2 Å². The molecule has 2 nitrogen and oxygen atoms in total. The van der Waals surface area contributed by atoms with E-state index in [1.165, 1.54) is 6.07 Å². The maximum absolute atomic E-state index is 12.6. The summed E-state index contributed by atoms with van der Waals surface area (Å²) < 4.78 is 61.1. The summed E-state index contributed by atoms with van der Waals surface area (Å²) in [5.41, 5.74) is -0.381. The molecule has 0 atom stereocenters. The number of allylic oxidation sites excluding steroid dienone is 1. The largest absolute Gasteiger partial charge is 1.00 e. The molecule has 0 heterocycles. The van der Waals surface area contributed by atoms with Gasteiger partial charge >= 0.3 is 41.7 Å². The molecule has 110 valence electrons. The molecular formula is C11H4Cl2F5NaO2. The first-order valence-corrected chi connectivity index (χ1v) is 5.55. The van der Waals surface area contributed by atoms with Crippen LogP contribution >= 0.6 is 23.2 Å². The van der Waals surface area contributed by atoms with Crippen LogP contribution in [0.15, 0.2) is 24.3 Å². The molecule has 0 aliphatic carbocycles. The van der Waals surface area contributed by atoms with Gasteiger partial charge in [-0.3, -0.25) is 4.79 Å². The van der Waals surface area contributed by atoms with E-state index in [2.05, 4.69) is 0 Å². The standard InChI is InChI=1S/C11H5Cl2F5O2.Na/c12-6-1-5(2-7(13)3-6)8(19)4-9(20)10(14,15)11(16,17)18;/h1-4,19H;/q;+1/p-1/b8-4-;. The van der Waals surface area contributed by atoms with Crippen molar-refractivity contribution in [2.24, 2.45) is 0 Å². The molecule has 0 aromatic heterocycles. The molecule has 21 heavy (non-hydrogen) atoms. The number of carbonyl (C=O) groups is 1. The van der Waals surface area contributed by atoms with E-state index in [9.17, 15) is 31.9 Å². The fourth-order valence-electron chi connectivity index (χ4n) is 1.13. The molecule has 0 unspecified atom stereocenters. The summed E-state index contributed by atoms with van der Waals surface area (Å²) in [6, 6.07) is 3.17. The molecule has 0 saturated heterocycles. The molecule has 10 heteroatoms. The Morgan fingerprint density at radius 3 is 1.86 bits per heavy atom. The minimum absolute atomic E-state index is 0. The molecule has 0 bridgehead atoms. The van der Waals surface area contributed by atoms with Gasteiger partial charge in [-0.25, -0.2) is 0 Å². The average molecular weight is 357 g/mol. The van der Waals surface area contributed by atoms with Gasteiger partial charge < -0.3 is 5.11 Å². The summed E-state index contributed by atoms with van der Waals surface area (Å²) in [5, 5.41) is 11.4. The van der Waals surface area contributed by atoms with Crippen LogP contribution in [0.1, 0.15) is 5.56 Å². The van der Waals surface area contributed by atoms with Crippen LogP contribution in [0, 0.1) is 0 Å². The topological polar surface area (TPSA) is 40.1 Å². The van der Waals surface area contributed by atoms with E-state index >= 15 is 0 Å². The average Bonchev–Trinajstić information content (AvgIpc) is 2.25. The van der Waals surface area contributed by atoms with E-state index in [0.29, 0.717) is 0 Å². The normalized spacial score (nSPS) is 12.8. The van der Waals surface area contributed by atoms with Gasteiger partial charge in [0.05, 0.1) is 0 Å². The van der Waals surface area contributed by atoms with Gasteiger partial charge in [-0.05, 0) is 29.8 Å². The smallest absolute Gasteiger partial charge is 0.872 e. The first-order valence-electron chi connectivity index (χ1n) is 4.79. The summed E-state index contributed by atoms with van der Waals surface area (Å²) in [6.45, 7) is 0. The predicted molar refractivity (Wildman–Crippen MR) is 60.4 cm³/mol. The Labute approximate surface area is 147 Å². The van der Waals surface area contributed by atoms with Crippen molar-refractivity contribution in [1.82, 2.24) is 0 Å². The fraction of sp³-hybridized carbons (Fsp3) is 0.182. The van der Waals surface area contributed by atoms with Gasteiger partial charge in [0.2, 0.25) is 5.78 Å². The summed E-state index contributed by atoms with van der Waals surface area (Å²) >= 11 is 11.1. The van der Waals surface area contributed by atoms with Crippen LogP contribution in [0.2, 0.25) is 10.0 Å². The number of rotatable bonds is 3. The van der Waals surface area contributed by atoms with Crippen LogP contribution in [0.5, 0.6) is 0 Å². The summed E-state index contributed by atoms with van der Waals surface area (Å²) in [7, 11) is 0. The van der Waals surface area contributed by atoms with E-state index in [1.54, 1.807) is 0 Å². The molecule has 0 radical (unpaired) electrons. The maximum Gasteiger partial charge on any atom is 1.00 e. The van der Waals surface area contributed by atoms with Crippen molar-refractivity contribution in [2.75, 3.05) is 0 Å². The molecule has 1 aromatic rings. The van der Waals surface area contributed by atoms with E-state index < -0.39 is 23.6 Å². The van der Waals surface area contributed by atoms with Crippen molar-refractivity contribution in [3.63, 3.8) is 0 Å². The monoisotopic (exact) mass is 356 g/mol. The molecule has 0 N–H and O–H groups in total. The van der Waals surface area contributed by atoms with Crippen molar-refractivity contribution in [1.29, 1.82) is 0 Å². The zero-order chi connectivity index (χ0) is 15.7. The van der Waals surface area contributed by atoms with Crippen molar-refractivity contribution < 1.29 is 61.4 Å². The molecule has 1 rings (SSSR count). The Hall–Kier alpha value is -0.340. The quantitative estimate of drug-likeness (QED) is 0.342. The fourth-order valence-corrected chi connectivity index (χ4v) is 1.65. The maximum atomic E-state index is 12.6. The summed E-state index contributed by atoms with van der Waals surface area (Å²) in [6.07, 6.45) is -6.41. The van der Waals surface area contributed by atoms with Crippen molar-refractivity contribution in [2.45, 2.75) is 12.1 Å². The third-order valence-electron chi connectivity index (χ3n) is 2.07. The third kappa shape index (κ3) is 5.10. The van der Waals surface area contributed by atoms with Crippen LogP contribution in [-0.4, -0.2) is 17.9 Å². The van der Waals surface area contributed by atoms with Crippen LogP contribution in [0.25, 0.3) is 5.76 Å². The zero-order valence-corrected chi connectivity index (χ0v) is 13.8. The number of hydrogen-bond donors (Lipinski definition) is 0. The Kier molecular flexibility index (Phi) is 7.16. The van der Waals surface area contributed by atoms with Gasteiger partial charge in [0.1, 0.15) is 0 Å². The second-order valence-corrected chi connectivity index (χ2v) is 4.48. The molecule has 0 saturated carbocycles. The molecule has 0 fully saturated rings. The molecule has 0 aliphatic rings. The Morgan fingerprint density at radius 2 is 1.48 bits per heavy atom. The van der Waals surface area contributed by atoms with E-state index in [-0.39, 0.29) is 51.2 Å². The molecule has 0 amide bonds. The van der Waals surface area contributed by atoms with Crippen molar-refractivity contribution >= 4 is 34.7 Å². The van der Waals surface area contributed by atoms with Gasteiger partial charge in [0.25, 0.3) is 0 Å². The number of hydrogen-bond acceptors (Lipinski definition) is 2. The first kappa shape index (κ1) is 20.7. The van der Waals surface area contributed by atoms with Crippen molar-refractivity contribution in [3.8, 4) is 0 Å². The van der Waals surface area contributed by atoms with E-state index in [1.807, 2.05) is 0 Å². The van der Waals surface area contributed by atoms with Gasteiger partial charge in [-0.15, -0.1) is 0 Å². The number of halogens is 7. The van der Waals surface area contributed by atoms with Gasteiger partial charge in [-0.1, -0.05) is 29.0 Å². The second-order valence-electron chi connectivity index (χ2n) is 3.60. The molecule has 1 aromatic carbocycles. The Morgan fingerprint density at radius 1 is 1.05 bits per heavy atom. The molecule has 0 spiro atoms. The summed E-state index contributed by atoms with van der Waals surface area (Å²) in [4.78, 5) is 10.9. The minimum atomic E-state index is -6.08. The number of alkyl halides is 5. The summed E-state index contributed by atoms with van der Waals surface area (Å²) in [5.74, 6) is -9.65. The number of carbonyl (C=O) groups excluding carboxylic acids is 1. The third-order valence-corrected chi connectivity index (χ3v) is 2.51. The second kappa shape index (κ2) is 7.28. The van der Waals surface area contributed by atoms with Crippen molar-refractivity contribution in [3.05, 3.63) is 39.9 Å². The molecular weight excluding hydrogens is 353 g/mol. The number of ketones is 1. The number of benzene rings is 1. The van der Waals surface area contributed by atoms with Crippen LogP contribution in [0.4, 0.5) is 22.0 Å².